The van der Waals surface area contributed by atoms with E-state index in [4.69, 9.17) is 9.47 Å². The van der Waals surface area contributed by atoms with Gasteiger partial charge in [0.1, 0.15) is 11.6 Å². The van der Waals surface area contributed by atoms with Crippen LogP contribution in [0.4, 0.5) is 10.1 Å². The molecule has 1 atom stereocenters. The smallest absolute Gasteiger partial charge is 0.311 e. The van der Waals surface area contributed by atoms with Gasteiger partial charge in [-0.15, -0.1) is 0 Å². The Labute approximate surface area is 173 Å². The molecular weight excluding hydrogens is 391 g/mol. The molecule has 0 spiro atoms. The van der Waals surface area contributed by atoms with Gasteiger partial charge in [0.25, 0.3) is 5.91 Å². The molecule has 1 aliphatic rings. The van der Waals surface area contributed by atoms with Crippen molar-refractivity contribution >= 4 is 23.5 Å². The Bertz CT molecular complexity index is 916. The molecule has 2 aromatic carbocycles. The molecule has 8 heteroatoms. The normalized spacial score (nSPS) is 15.7. The van der Waals surface area contributed by atoms with E-state index < -0.39 is 30.2 Å². The van der Waals surface area contributed by atoms with Crippen molar-refractivity contribution in [2.75, 3.05) is 31.7 Å². The number of hydrogen-bond acceptors (Lipinski definition) is 5. The summed E-state index contributed by atoms with van der Waals surface area (Å²) in [6.07, 6.45) is 0.546. The van der Waals surface area contributed by atoms with Crippen molar-refractivity contribution in [1.82, 2.24) is 5.32 Å². The Kier molecular flexibility index (Phi) is 7.00. The lowest BCUT2D eigenvalue weighted by Crippen LogP contribution is -2.32. The summed E-state index contributed by atoms with van der Waals surface area (Å²) >= 11 is 0. The second-order valence-electron chi connectivity index (χ2n) is 6.91. The van der Waals surface area contributed by atoms with Crippen LogP contribution in [0.1, 0.15) is 12.0 Å². The topological polar surface area (TPSA) is 84.9 Å². The largest absolute Gasteiger partial charge is 0.497 e. The zero-order valence-corrected chi connectivity index (χ0v) is 16.6. The highest BCUT2D eigenvalue weighted by atomic mass is 19.1. The van der Waals surface area contributed by atoms with Gasteiger partial charge in [0.05, 0.1) is 18.7 Å². The molecule has 0 aromatic heterocycles. The van der Waals surface area contributed by atoms with Crippen molar-refractivity contribution in [2.24, 2.45) is 5.92 Å². The molecule has 0 radical (unpaired) electrons. The Hall–Kier alpha value is -3.42. The van der Waals surface area contributed by atoms with Gasteiger partial charge in [0.2, 0.25) is 5.91 Å². The number of nitrogens with zero attached hydrogens (tertiary/aromatic N) is 1. The van der Waals surface area contributed by atoms with Gasteiger partial charge >= 0.3 is 5.97 Å². The van der Waals surface area contributed by atoms with Gasteiger partial charge in [0.15, 0.2) is 6.61 Å². The molecule has 3 rings (SSSR count). The lowest BCUT2D eigenvalue weighted by molar-refractivity contribution is -0.152. The van der Waals surface area contributed by atoms with Crippen molar-refractivity contribution in [3.05, 3.63) is 59.9 Å². The number of para-hydroxylation sites is 1. The van der Waals surface area contributed by atoms with Crippen molar-refractivity contribution in [3.63, 3.8) is 0 Å². The summed E-state index contributed by atoms with van der Waals surface area (Å²) in [6, 6.07) is 13.4. The second kappa shape index (κ2) is 9.87. The first-order valence-corrected chi connectivity index (χ1v) is 9.59. The Morgan fingerprint density at radius 1 is 1.17 bits per heavy atom. The Balaban J connectivity index is 1.41. The number of nitrogens with one attached hydrogen (secondary N) is 1. The fourth-order valence-corrected chi connectivity index (χ4v) is 3.21. The number of amides is 2. The minimum absolute atomic E-state index is 0.0255. The average Bonchev–Trinajstić information content (AvgIpc) is 3.14. The standard InChI is InChI=1S/C22H23FN2O5/c1-29-17-8-6-15(7-9-17)10-11-24-20(26)14-30-22(28)16-12-21(27)25(13-16)19-5-3-2-4-18(19)23/h2-9,16H,10-14H2,1H3,(H,24,26)/t16-/m0/s1. The minimum Gasteiger partial charge on any atom is -0.497 e. The van der Waals surface area contributed by atoms with Crippen molar-refractivity contribution in [3.8, 4) is 5.75 Å². The molecule has 0 aliphatic carbocycles. The van der Waals surface area contributed by atoms with Crippen LogP contribution in [0.25, 0.3) is 0 Å². The molecule has 2 aromatic rings. The number of hydrogen-bond donors (Lipinski definition) is 1. The molecule has 0 bridgehead atoms. The van der Waals surface area contributed by atoms with Crippen LogP contribution in [0, 0.1) is 11.7 Å². The predicted octanol–water partition coefficient (Wildman–Crippen LogP) is 2.09. The third-order valence-electron chi connectivity index (χ3n) is 4.84. The molecular formula is C22H23FN2O5. The molecule has 0 saturated carbocycles. The van der Waals surface area contributed by atoms with E-state index in [0.717, 1.165) is 11.3 Å². The number of halogens is 1. The van der Waals surface area contributed by atoms with Crippen LogP contribution in [0.3, 0.4) is 0 Å². The molecule has 158 valence electrons. The molecule has 7 nitrogen and oxygen atoms in total. The van der Waals surface area contributed by atoms with E-state index >= 15 is 0 Å². The van der Waals surface area contributed by atoms with Crippen LogP contribution in [0.15, 0.2) is 48.5 Å². The number of methoxy groups -OCH3 is 1. The first kappa shape index (κ1) is 21.3. The predicted molar refractivity (Wildman–Crippen MR) is 108 cm³/mol. The second-order valence-corrected chi connectivity index (χ2v) is 6.91. The third kappa shape index (κ3) is 5.34. The molecule has 2 amide bonds. The van der Waals surface area contributed by atoms with E-state index in [2.05, 4.69) is 5.32 Å². The number of anilines is 1. The molecule has 30 heavy (non-hydrogen) atoms. The SMILES string of the molecule is COc1ccc(CCNC(=O)COC(=O)[C@H]2CC(=O)N(c3ccccc3F)C2)cc1. The van der Waals surface area contributed by atoms with Gasteiger partial charge in [0, 0.05) is 19.5 Å². The summed E-state index contributed by atoms with van der Waals surface area (Å²) < 4.78 is 24.0. The van der Waals surface area contributed by atoms with Crippen molar-refractivity contribution in [2.45, 2.75) is 12.8 Å². The van der Waals surface area contributed by atoms with E-state index in [1.807, 2.05) is 24.3 Å². The van der Waals surface area contributed by atoms with Gasteiger partial charge in [-0.1, -0.05) is 24.3 Å². The summed E-state index contributed by atoms with van der Waals surface area (Å²) in [5.74, 6) is -1.93. The summed E-state index contributed by atoms with van der Waals surface area (Å²) in [5.41, 5.74) is 1.17. The fraction of sp³-hybridized carbons (Fsp3) is 0.318. The molecule has 1 fully saturated rings. The van der Waals surface area contributed by atoms with Gasteiger partial charge in [-0.25, -0.2) is 4.39 Å². The molecule has 1 heterocycles. The Morgan fingerprint density at radius 2 is 1.90 bits per heavy atom. The molecule has 1 aliphatic heterocycles. The van der Waals surface area contributed by atoms with Crippen LogP contribution in [-0.2, 0) is 25.5 Å². The average molecular weight is 414 g/mol. The first-order valence-electron chi connectivity index (χ1n) is 9.59. The van der Waals surface area contributed by atoms with Gasteiger partial charge in [-0.2, -0.15) is 0 Å². The van der Waals surface area contributed by atoms with E-state index in [1.165, 1.54) is 23.1 Å². The minimum atomic E-state index is -0.732. The maximum absolute atomic E-state index is 13.9. The number of ether oxygens (including phenoxy) is 2. The number of esters is 1. The van der Waals surface area contributed by atoms with E-state index in [9.17, 15) is 18.8 Å². The van der Waals surface area contributed by atoms with E-state index in [0.29, 0.717) is 13.0 Å². The zero-order valence-electron chi connectivity index (χ0n) is 16.6. The lowest BCUT2D eigenvalue weighted by atomic mass is 10.1. The maximum atomic E-state index is 13.9. The summed E-state index contributed by atoms with van der Waals surface area (Å²) in [5, 5.41) is 2.68. The highest BCUT2D eigenvalue weighted by molar-refractivity contribution is 5.99. The van der Waals surface area contributed by atoms with Gasteiger partial charge in [-0.05, 0) is 36.2 Å². The monoisotopic (exact) mass is 414 g/mol. The van der Waals surface area contributed by atoms with Crippen molar-refractivity contribution < 1.29 is 28.2 Å². The third-order valence-corrected chi connectivity index (χ3v) is 4.84. The summed E-state index contributed by atoms with van der Waals surface area (Å²) in [6.45, 7) is -0.00475. The number of carbonyl (C=O) groups excluding carboxylic acids is 3. The fourth-order valence-electron chi connectivity index (χ4n) is 3.21. The summed E-state index contributed by atoms with van der Waals surface area (Å²) in [7, 11) is 1.59. The van der Waals surface area contributed by atoms with E-state index in [-0.39, 0.29) is 24.6 Å². The van der Waals surface area contributed by atoms with Crippen LogP contribution in [-0.4, -0.2) is 44.6 Å². The number of carbonyl (C=O) groups is 3. The van der Waals surface area contributed by atoms with Crippen LogP contribution in [0.5, 0.6) is 5.75 Å². The van der Waals surface area contributed by atoms with Gasteiger partial charge < -0.3 is 19.7 Å². The molecule has 1 N–H and O–H groups in total. The highest BCUT2D eigenvalue weighted by Gasteiger charge is 2.37. The zero-order chi connectivity index (χ0) is 21.5. The van der Waals surface area contributed by atoms with Crippen LogP contribution >= 0.6 is 0 Å². The van der Waals surface area contributed by atoms with E-state index in [1.54, 1.807) is 13.2 Å². The van der Waals surface area contributed by atoms with Crippen LogP contribution < -0.4 is 15.0 Å². The first-order chi connectivity index (χ1) is 14.5. The number of benzene rings is 2. The number of rotatable bonds is 8. The molecule has 0 unspecified atom stereocenters. The molecule has 1 saturated heterocycles. The van der Waals surface area contributed by atoms with Gasteiger partial charge in [-0.3, -0.25) is 14.4 Å². The van der Waals surface area contributed by atoms with Crippen molar-refractivity contribution in [1.29, 1.82) is 0 Å². The maximum Gasteiger partial charge on any atom is 0.311 e. The summed E-state index contributed by atoms with van der Waals surface area (Å²) in [4.78, 5) is 37.5. The van der Waals surface area contributed by atoms with Crippen LogP contribution in [0.2, 0.25) is 0 Å². The highest BCUT2D eigenvalue weighted by Crippen LogP contribution is 2.27. The Morgan fingerprint density at radius 3 is 2.60 bits per heavy atom. The quantitative estimate of drug-likeness (QED) is 0.669. The lowest BCUT2D eigenvalue weighted by Gasteiger charge is -2.17.